The summed E-state index contributed by atoms with van der Waals surface area (Å²) in [6.07, 6.45) is 0.127. The third-order valence-electron chi connectivity index (χ3n) is 2.77. The molecule has 0 aromatic heterocycles. The van der Waals surface area contributed by atoms with Gasteiger partial charge in [0, 0.05) is 12.6 Å². The Morgan fingerprint density at radius 3 is 2.59 bits per heavy atom. The van der Waals surface area contributed by atoms with E-state index in [0.717, 1.165) is 5.56 Å². The number of hydrogen-bond donors (Lipinski definition) is 1. The smallest absolute Gasteiger partial charge is 0.304 e. The summed E-state index contributed by atoms with van der Waals surface area (Å²) in [5.74, 6) is -0.793. The fourth-order valence-corrected chi connectivity index (χ4v) is 1.80. The molecule has 94 valence electrons. The minimum absolute atomic E-state index is 0.101. The highest BCUT2D eigenvalue weighted by Crippen LogP contribution is 2.27. The van der Waals surface area contributed by atoms with E-state index in [1.165, 1.54) is 0 Å². The first kappa shape index (κ1) is 14.3. The Balaban J connectivity index is 2.70. The van der Waals surface area contributed by atoms with Crippen molar-refractivity contribution in [3.8, 4) is 0 Å². The summed E-state index contributed by atoms with van der Waals surface area (Å²) >= 11 is 11.8. The maximum atomic E-state index is 10.5. The van der Waals surface area contributed by atoms with Crippen LogP contribution in [0.5, 0.6) is 0 Å². The van der Waals surface area contributed by atoms with Gasteiger partial charge in [-0.15, -0.1) is 0 Å². The SMILES string of the molecule is CC(c1ccc(Cl)c(Cl)c1)N(C)CCC(=O)O. The number of aliphatic carboxylic acids is 1. The second-order valence-corrected chi connectivity index (χ2v) is 4.79. The van der Waals surface area contributed by atoms with Crippen molar-refractivity contribution in [2.45, 2.75) is 19.4 Å². The Hall–Kier alpha value is -0.770. The molecule has 5 heteroatoms. The van der Waals surface area contributed by atoms with Gasteiger partial charge in [-0.3, -0.25) is 9.69 Å². The van der Waals surface area contributed by atoms with Crippen molar-refractivity contribution in [2.24, 2.45) is 0 Å². The summed E-state index contributed by atoms with van der Waals surface area (Å²) in [5, 5.41) is 9.67. The Morgan fingerprint density at radius 2 is 2.06 bits per heavy atom. The van der Waals surface area contributed by atoms with E-state index in [1.54, 1.807) is 6.07 Å². The van der Waals surface area contributed by atoms with Crippen LogP contribution in [0, 0.1) is 0 Å². The minimum Gasteiger partial charge on any atom is -0.481 e. The van der Waals surface area contributed by atoms with Crippen molar-refractivity contribution in [3.63, 3.8) is 0 Å². The number of nitrogens with zero attached hydrogens (tertiary/aromatic N) is 1. The molecule has 0 amide bonds. The van der Waals surface area contributed by atoms with Crippen LogP contribution in [0.4, 0.5) is 0 Å². The third-order valence-corrected chi connectivity index (χ3v) is 3.50. The summed E-state index contributed by atoms with van der Waals surface area (Å²) < 4.78 is 0. The van der Waals surface area contributed by atoms with Crippen LogP contribution in [0.15, 0.2) is 18.2 Å². The summed E-state index contributed by atoms with van der Waals surface area (Å²) in [6.45, 7) is 2.50. The van der Waals surface area contributed by atoms with E-state index in [9.17, 15) is 4.79 Å². The van der Waals surface area contributed by atoms with Gasteiger partial charge in [0.05, 0.1) is 16.5 Å². The molecule has 0 fully saturated rings. The molecular formula is C12H15Cl2NO2. The molecule has 0 aliphatic rings. The zero-order chi connectivity index (χ0) is 13.0. The Labute approximate surface area is 111 Å². The molecule has 1 unspecified atom stereocenters. The van der Waals surface area contributed by atoms with E-state index in [4.69, 9.17) is 28.3 Å². The molecule has 17 heavy (non-hydrogen) atoms. The quantitative estimate of drug-likeness (QED) is 0.895. The first-order valence-electron chi connectivity index (χ1n) is 5.28. The molecule has 0 aliphatic heterocycles. The average Bonchev–Trinajstić information content (AvgIpc) is 2.28. The van der Waals surface area contributed by atoms with Gasteiger partial charge in [-0.25, -0.2) is 0 Å². The topological polar surface area (TPSA) is 40.5 Å². The normalized spacial score (nSPS) is 12.8. The highest BCUT2D eigenvalue weighted by atomic mass is 35.5. The van der Waals surface area contributed by atoms with Gasteiger partial charge < -0.3 is 5.11 Å². The van der Waals surface area contributed by atoms with Crippen LogP contribution in [0.3, 0.4) is 0 Å². The van der Waals surface area contributed by atoms with Crippen LogP contribution in [-0.2, 0) is 4.79 Å². The van der Waals surface area contributed by atoms with E-state index in [2.05, 4.69) is 0 Å². The van der Waals surface area contributed by atoms with E-state index in [1.807, 2.05) is 31.0 Å². The van der Waals surface area contributed by atoms with E-state index in [-0.39, 0.29) is 12.5 Å². The van der Waals surface area contributed by atoms with E-state index in [0.29, 0.717) is 16.6 Å². The molecule has 0 spiro atoms. The first-order valence-corrected chi connectivity index (χ1v) is 6.04. The summed E-state index contributed by atoms with van der Waals surface area (Å²) in [6, 6.07) is 5.56. The molecule has 1 atom stereocenters. The maximum absolute atomic E-state index is 10.5. The van der Waals surface area contributed by atoms with Crippen LogP contribution in [0.25, 0.3) is 0 Å². The molecule has 0 saturated heterocycles. The van der Waals surface area contributed by atoms with Crippen molar-refractivity contribution in [3.05, 3.63) is 33.8 Å². The van der Waals surface area contributed by atoms with Gasteiger partial charge in [0.2, 0.25) is 0 Å². The van der Waals surface area contributed by atoms with Crippen molar-refractivity contribution in [1.82, 2.24) is 4.90 Å². The number of carboxylic acid groups (broad SMARTS) is 1. The van der Waals surface area contributed by atoms with Gasteiger partial charge >= 0.3 is 5.97 Å². The molecule has 0 bridgehead atoms. The summed E-state index contributed by atoms with van der Waals surface area (Å²) in [5.41, 5.74) is 1.02. The lowest BCUT2D eigenvalue weighted by atomic mass is 10.1. The molecule has 0 heterocycles. The van der Waals surface area contributed by atoms with Crippen LogP contribution in [0.1, 0.15) is 24.9 Å². The van der Waals surface area contributed by atoms with Gasteiger partial charge in [-0.1, -0.05) is 29.3 Å². The van der Waals surface area contributed by atoms with Crippen molar-refractivity contribution in [2.75, 3.05) is 13.6 Å². The lowest BCUT2D eigenvalue weighted by Gasteiger charge is -2.24. The molecule has 1 aromatic rings. The number of rotatable bonds is 5. The van der Waals surface area contributed by atoms with Crippen LogP contribution >= 0.6 is 23.2 Å². The average molecular weight is 276 g/mol. The number of carbonyl (C=O) groups is 1. The highest BCUT2D eigenvalue weighted by molar-refractivity contribution is 6.42. The number of hydrogen-bond acceptors (Lipinski definition) is 2. The van der Waals surface area contributed by atoms with Crippen LogP contribution in [0.2, 0.25) is 10.0 Å². The van der Waals surface area contributed by atoms with Gasteiger partial charge in [0.25, 0.3) is 0 Å². The number of benzene rings is 1. The third kappa shape index (κ3) is 4.19. The fraction of sp³-hybridized carbons (Fsp3) is 0.417. The maximum Gasteiger partial charge on any atom is 0.304 e. The zero-order valence-corrected chi connectivity index (χ0v) is 11.3. The molecule has 3 nitrogen and oxygen atoms in total. The Kier molecular flexibility index (Phi) is 5.25. The minimum atomic E-state index is -0.793. The second kappa shape index (κ2) is 6.24. The van der Waals surface area contributed by atoms with Gasteiger partial charge in [-0.2, -0.15) is 0 Å². The number of carboxylic acids is 1. The lowest BCUT2D eigenvalue weighted by molar-refractivity contribution is -0.137. The van der Waals surface area contributed by atoms with Crippen molar-refractivity contribution < 1.29 is 9.90 Å². The largest absolute Gasteiger partial charge is 0.481 e. The van der Waals surface area contributed by atoms with Gasteiger partial charge in [0.15, 0.2) is 0 Å². The molecule has 1 N–H and O–H groups in total. The summed E-state index contributed by atoms with van der Waals surface area (Å²) in [7, 11) is 1.89. The highest BCUT2D eigenvalue weighted by Gasteiger charge is 2.13. The second-order valence-electron chi connectivity index (χ2n) is 3.97. The summed E-state index contributed by atoms with van der Waals surface area (Å²) in [4.78, 5) is 12.5. The fourth-order valence-electron chi connectivity index (χ4n) is 1.49. The standard InChI is InChI=1S/C12H15Cl2NO2/c1-8(15(2)6-5-12(16)17)9-3-4-10(13)11(14)7-9/h3-4,7-8H,5-6H2,1-2H3,(H,16,17). The van der Waals surface area contributed by atoms with Crippen molar-refractivity contribution in [1.29, 1.82) is 0 Å². The van der Waals surface area contributed by atoms with E-state index >= 15 is 0 Å². The molecule has 1 aromatic carbocycles. The molecule has 1 rings (SSSR count). The van der Waals surface area contributed by atoms with Gasteiger partial charge in [-0.05, 0) is 31.7 Å². The van der Waals surface area contributed by atoms with Crippen LogP contribution in [-0.4, -0.2) is 29.6 Å². The number of halogens is 2. The predicted octanol–water partition coefficient (Wildman–Crippen LogP) is 3.46. The molecule has 0 saturated carbocycles. The van der Waals surface area contributed by atoms with Crippen molar-refractivity contribution >= 4 is 29.2 Å². The first-order chi connectivity index (χ1) is 7.91. The predicted molar refractivity (Wildman–Crippen MR) is 69.8 cm³/mol. The molecular weight excluding hydrogens is 261 g/mol. The molecule has 0 radical (unpaired) electrons. The van der Waals surface area contributed by atoms with Gasteiger partial charge in [0.1, 0.15) is 0 Å². The Bertz CT molecular complexity index is 409. The monoisotopic (exact) mass is 275 g/mol. The molecule has 0 aliphatic carbocycles. The zero-order valence-electron chi connectivity index (χ0n) is 9.78. The lowest BCUT2D eigenvalue weighted by Crippen LogP contribution is -2.25. The van der Waals surface area contributed by atoms with E-state index < -0.39 is 5.97 Å². The Morgan fingerprint density at radius 1 is 1.41 bits per heavy atom. The van der Waals surface area contributed by atoms with Crippen LogP contribution < -0.4 is 0 Å².